The second kappa shape index (κ2) is 3.65. The van der Waals surface area contributed by atoms with Crippen molar-refractivity contribution in [1.29, 1.82) is 0 Å². The van der Waals surface area contributed by atoms with Gasteiger partial charge in [-0.1, -0.05) is 19.9 Å². The number of hydrogen-bond acceptors (Lipinski definition) is 3. The number of ether oxygens (including phenoxy) is 1. The normalized spacial score (nSPS) is 29.9. The van der Waals surface area contributed by atoms with Gasteiger partial charge in [0.15, 0.2) is 0 Å². The molecule has 0 radical (unpaired) electrons. The van der Waals surface area contributed by atoms with E-state index in [-0.39, 0.29) is 17.6 Å². The molecule has 2 atom stereocenters. The Kier molecular flexibility index (Phi) is 2.64. The third-order valence-electron chi connectivity index (χ3n) is 3.13. The van der Waals surface area contributed by atoms with Gasteiger partial charge in [0.2, 0.25) is 0 Å². The second-order valence-corrected chi connectivity index (χ2v) is 5.48. The van der Waals surface area contributed by atoms with E-state index in [0.29, 0.717) is 6.61 Å². The quantitative estimate of drug-likeness (QED) is 0.833. The highest BCUT2D eigenvalue weighted by Gasteiger charge is 2.48. The van der Waals surface area contributed by atoms with Crippen molar-refractivity contribution in [3.8, 4) is 0 Å². The van der Waals surface area contributed by atoms with Crippen molar-refractivity contribution in [2.45, 2.75) is 39.1 Å². The van der Waals surface area contributed by atoms with Crippen LogP contribution in [0.1, 0.15) is 25.1 Å². The van der Waals surface area contributed by atoms with Gasteiger partial charge in [0, 0.05) is 16.7 Å². The molecule has 2 unspecified atom stereocenters. The van der Waals surface area contributed by atoms with E-state index < -0.39 is 0 Å². The maximum Gasteiger partial charge on any atom is 0.0813 e. The summed E-state index contributed by atoms with van der Waals surface area (Å²) in [7, 11) is 0. The van der Waals surface area contributed by atoms with E-state index in [1.807, 2.05) is 6.07 Å². The summed E-state index contributed by atoms with van der Waals surface area (Å²) in [4.78, 5) is 1.25. The fourth-order valence-corrected chi connectivity index (χ4v) is 2.35. The van der Waals surface area contributed by atoms with Crippen molar-refractivity contribution in [1.82, 2.24) is 0 Å². The lowest BCUT2D eigenvalue weighted by Gasteiger charge is -2.48. The molecular formula is C11H16O2S. The Hall–Kier alpha value is -0.380. The lowest BCUT2D eigenvalue weighted by Crippen LogP contribution is -2.54. The van der Waals surface area contributed by atoms with Gasteiger partial charge in [-0.25, -0.2) is 0 Å². The highest BCUT2D eigenvalue weighted by atomic mass is 32.1. The molecule has 1 fully saturated rings. The Morgan fingerprint density at radius 1 is 1.64 bits per heavy atom. The third-order valence-corrected chi connectivity index (χ3v) is 3.98. The summed E-state index contributed by atoms with van der Waals surface area (Å²) < 4.78 is 5.76. The van der Waals surface area contributed by atoms with Crippen molar-refractivity contribution >= 4 is 11.3 Å². The van der Waals surface area contributed by atoms with Gasteiger partial charge in [-0.05, 0) is 11.4 Å². The molecule has 1 aromatic rings. The molecule has 0 aromatic carbocycles. The monoisotopic (exact) mass is 212 g/mol. The van der Waals surface area contributed by atoms with Crippen molar-refractivity contribution in [2.75, 3.05) is 0 Å². The van der Waals surface area contributed by atoms with Crippen molar-refractivity contribution < 1.29 is 9.84 Å². The SMILES string of the molecule is CC1(C)C(O)CC1OCc1cccs1. The average Bonchev–Trinajstić information content (AvgIpc) is 2.64. The predicted octanol–water partition coefficient (Wildman–Crippen LogP) is 2.42. The van der Waals surface area contributed by atoms with Crippen LogP contribution in [0.3, 0.4) is 0 Å². The van der Waals surface area contributed by atoms with Gasteiger partial charge in [0.05, 0.1) is 18.8 Å². The predicted molar refractivity (Wildman–Crippen MR) is 57.3 cm³/mol. The number of aliphatic hydroxyl groups excluding tert-OH is 1. The Morgan fingerprint density at radius 3 is 2.93 bits per heavy atom. The molecule has 0 bridgehead atoms. The van der Waals surface area contributed by atoms with Gasteiger partial charge in [-0.15, -0.1) is 11.3 Å². The maximum absolute atomic E-state index is 9.53. The summed E-state index contributed by atoms with van der Waals surface area (Å²) in [6.45, 7) is 4.79. The average molecular weight is 212 g/mol. The first-order valence-electron chi connectivity index (χ1n) is 4.93. The van der Waals surface area contributed by atoms with E-state index in [4.69, 9.17) is 4.74 Å². The van der Waals surface area contributed by atoms with Crippen LogP contribution < -0.4 is 0 Å². The summed E-state index contributed by atoms with van der Waals surface area (Å²) in [5, 5.41) is 11.6. The van der Waals surface area contributed by atoms with Crippen LogP contribution in [0, 0.1) is 5.41 Å². The Bertz CT molecular complexity index is 292. The second-order valence-electron chi connectivity index (χ2n) is 4.45. The minimum Gasteiger partial charge on any atom is -0.392 e. The maximum atomic E-state index is 9.53. The van der Waals surface area contributed by atoms with Crippen LogP contribution in [-0.4, -0.2) is 17.3 Å². The zero-order valence-corrected chi connectivity index (χ0v) is 9.38. The fraction of sp³-hybridized carbons (Fsp3) is 0.636. The highest BCUT2D eigenvalue weighted by molar-refractivity contribution is 7.09. The smallest absolute Gasteiger partial charge is 0.0813 e. The first-order chi connectivity index (χ1) is 6.60. The molecule has 3 heteroatoms. The molecule has 0 aliphatic heterocycles. The molecule has 1 aliphatic carbocycles. The molecule has 78 valence electrons. The Morgan fingerprint density at radius 2 is 2.43 bits per heavy atom. The van der Waals surface area contributed by atoms with Crippen LogP contribution in [-0.2, 0) is 11.3 Å². The highest BCUT2D eigenvalue weighted by Crippen LogP contribution is 2.42. The first-order valence-corrected chi connectivity index (χ1v) is 5.80. The summed E-state index contributed by atoms with van der Waals surface area (Å²) in [5.74, 6) is 0. The number of hydrogen-bond donors (Lipinski definition) is 1. The van der Waals surface area contributed by atoms with E-state index in [9.17, 15) is 5.11 Å². The van der Waals surface area contributed by atoms with E-state index in [1.54, 1.807) is 11.3 Å². The van der Waals surface area contributed by atoms with Crippen LogP contribution in [0.4, 0.5) is 0 Å². The van der Waals surface area contributed by atoms with Gasteiger partial charge in [0.1, 0.15) is 0 Å². The van der Waals surface area contributed by atoms with Crippen LogP contribution in [0.25, 0.3) is 0 Å². The van der Waals surface area contributed by atoms with Crippen LogP contribution in [0.15, 0.2) is 17.5 Å². The largest absolute Gasteiger partial charge is 0.392 e. The standard InChI is InChI=1S/C11H16O2S/c1-11(2)9(12)6-10(11)13-7-8-4-3-5-14-8/h3-5,9-10,12H,6-7H2,1-2H3. The van der Waals surface area contributed by atoms with Crippen LogP contribution >= 0.6 is 11.3 Å². The number of aliphatic hydroxyl groups is 1. The van der Waals surface area contributed by atoms with Crippen molar-refractivity contribution in [2.24, 2.45) is 5.41 Å². The summed E-state index contributed by atoms with van der Waals surface area (Å²) in [5.41, 5.74) is -0.0722. The molecule has 1 aliphatic rings. The van der Waals surface area contributed by atoms with Gasteiger partial charge in [-0.2, -0.15) is 0 Å². The molecule has 14 heavy (non-hydrogen) atoms. The lowest BCUT2D eigenvalue weighted by molar-refractivity contribution is -0.179. The summed E-state index contributed by atoms with van der Waals surface area (Å²) in [6.07, 6.45) is 0.786. The van der Waals surface area contributed by atoms with E-state index in [0.717, 1.165) is 6.42 Å². The Balaban J connectivity index is 1.83. The van der Waals surface area contributed by atoms with E-state index in [1.165, 1.54) is 4.88 Å². The minimum absolute atomic E-state index is 0.0722. The molecule has 1 saturated carbocycles. The molecule has 2 nitrogen and oxygen atoms in total. The topological polar surface area (TPSA) is 29.5 Å². The van der Waals surface area contributed by atoms with Gasteiger partial charge >= 0.3 is 0 Å². The molecule has 1 aromatic heterocycles. The molecule has 0 saturated heterocycles. The van der Waals surface area contributed by atoms with Crippen LogP contribution in [0.2, 0.25) is 0 Å². The third kappa shape index (κ3) is 1.72. The number of thiophene rings is 1. The molecule has 0 amide bonds. The minimum atomic E-state index is -0.198. The van der Waals surface area contributed by atoms with E-state index >= 15 is 0 Å². The molecule has 1 heterocycles. The van der Waals surface area contributed by atoms with Crippen molar-refractivity contribution in [3.63, 3.8) is 0 Å². The molecule has 2 rings (SSSR count). The van der Waals surface area contributed by atoms with Crippen molar-refractivity contribution in [3.05, 3.63) is 22.4 Å². The number of rotatable bonds is 3. The summed E-state index contributed by atoms with van der Waals surface area (Å²) in [6, 6.07) is 4.11. The van der Waals surface area contributed by atoms with E-state index in [2.05, 4.69) is 25.3 Å². The lowest BCUT2D eigenvalue weighted by atomic mass is 9.66. The zero-order chi connectivity index (χ0) is 10.2. The van der Waals surface area contributed by atoms with Gasteiger partial charge in [-0.3, -0.25) is 0 Å². The van der Waals surface area contributed by atoms with Crippen LogP contribution in [0.5, 0.6) is 0 Å². The van der Waals surface area contributed by atoms with Gasteiger partial charge in [0.25, 0.3) is 0 Å². The summed E-state index contributed by atoms with van der Waals surface area (Å²) >= 11 is 1.71. The zero-order valence-electron chi connectivity index (χ0n) is 8.56. The Labute approximate surface area is 88.5 Å². The fourth-order valence-electron chi connectivity index (χ4n) is 1.72. The van der Waals surface area contributed by atoms with Gasteiger partial charge < -0.3 is 9.84 Å². The molecule has 1 N–H and O–H groups in total. The molecular weight excluding hydrogens is 196 g/mol. The first kappa shape index (κ1) is 10.1. The molecule has 0 spiro atoms.